The van der Waals surface area contributed by atoms with Crippen LogP contribution in [0.3, 0.4) is 0 Å². The summed E-state index contributed by atoms with van der Waals surface area (Å²) in [6, 6.07) is 16.1. The molecule has 7 nitrogen and oxygen atoms in total. The van der Waals surface area contributed by atoms with E-state index < -0.39 is 10.0 Å². The normalized spacial score (nSPS) is 11.1. The fourth-order valence-corrected chi connectivity index (χ4v) is 3.60. The fourth-order valence-electron chi connectivity index (χ4n) is 2.52. The molecule has 0 aliphatic heterocycles. The van der Waals surface area contributed by atoms with Crippen LogP contribution in [0.25, 0.3) is 0 Å². The Morgan fingerprint density at radius 3 is 2.04 bits per heavy atom. The molecular weight excluding hydrogens is 374 g/mol. The minimum absolute atomic E-state index is 0.159. The molecule has 0 unspecified atom stereocenters. The molecule has 0 atom stereocenters. The van der Waals surface area contributed by atoms with E-state index in [-0.39, 0.29) is 10.7 Å². The van der Waals surface area contributed by atoms with Crippen molar-refractivity contribution in [2.75, 3.05) is 29.0 Å². The molecule has 3 rings (SSSR count). The second kappa shape index (κ2) is 7.85. The summed E-state index contributed by atoms with van der Waals surface area (Å²) in [7, 11) is 0.241. The average Bonchev–Trinajstić information content (AvgIpc) is 2.65. The van der Waals surface area contributed by atoms with Crippen LogP contribution in [0.4, 0.5) is 23.0 Å². The lowest BCUT2D eigenvalue weighted by atomic mass is 10.1. The number of sulfonamides is 1. The number of rotatable bonds is 6. The molecule has 28 heavy (non-hydrogen) atoms. The number of aryl methyl sites for hydroxylation is 2. The van der Waals surface area contributed by atoms with E-state index in [1.165, 1.54) is 0 Å². The fraction of sp³-hybridized carbons (Fsp3) is 0.200. The highest BCUT2D eigenvalue weighted by Gasteiger charge is 2.15. The zero-order valence-electron chi connectivity index (χ0n) is 16.3. The van der Waals surface area contributed by atoms with Crippen LogP contribution in [-0.4, -0.2) is 32.7 Å². The first-order valence-corrected chi connectivity index (χ1v) is 10.2. The van der Waals surface area contributed by atoms with Gasteiger partial charge in [0.2, 0.25) is 0 Å². The van der Waals surface area contributed by atoms with Gasteiger partial charge in [-0.2, -0.15) is 0 Å². The molecule has 2 N–H and O–H groups in total. The van der Waals surface area contributed by atoms with Gasteiger partial charge in [0, 0.05) is 25.5 Å². The predicted molar refractivity (Wildman–Crippen MR) is 113 cm³/mol. The number of aromatic nitrogens is 2. The molecule has 0 spiro atoms. The third-order valence-corrected chi connectivity index (χ3v) is 5.70. The van der Waals surface area contributed by atoms with Gasteiger partial charge in [-0.05, 0) is 73.5 Å². The van der Waals surface area contributed by atoms with Crippen LogP contribution < -0.4 is 14.9 Å². The molecule has 1 heterocycles. The van der Waals surface area contributed by atoms with Crippen molar-refractivity contribution in [3.63, 3.8) is 0 Å². The Morgan fingerprint density at radius 1 is 0.821 bits per heavy atom. The minimum atomic E-state index is -3.71. The Bertz CT molecular complexity index is 1060. The van der Waals surface area contributed by atoms with Crippen molar-refractivity contribution in [2.24, 2.45) is 0 Å². The van der Waals surface area contributed by atoms with Gasteiger partial charge in [0.1, 0.15) is 0 Å². The van der Waals surface area contributed by atoms with Crippen LogP contribution in [0.2, 0.25) is 0 Å². The number of hydrogen-bond acceptors (Lipinski definition) is 6. The van der Waals surface area contributed by atoms with Crippen molar-refractivity contribution in [3.05, 3.63) is 65.7 Å². The molecule has 146 valence electrons. The maximum Gasteiger partial charge on any atom is 0.263 e. The molecule has 3 aromatic rings. The number of benzene rings is 2. The maximum atomic E-state index is 12.5. The summed E-state index contributed by atoms with van der Waals surface area (Å²) in [4.78, 5) is 2.21. The second-order valence-corrected chi connectivity index (χ2v) is 8.40. The van der Waals surface area contributed by atoms with E-state index in [1.54, 1.807) is 30.3 Å². The Morgan fingerprint density at radius 2 is 1.46 bits per heavy atom. The first-order chi connectivity index (χ1) is 13.2. The van der Waals surface area contributed by atoms with E-state index in [0.717, 1.165) is 22.5 Å². The third kappa shape index (κ3) is 4.58. The quantitative estimate of drug-likeness (QED) is 0.659. The van der Waals surface area contributed by atoms with Crippen LogP contribution >= 0.6 is 0 Å². The molecule has 2 aromatic carbocycles. The summed E-state index contributed by atoms with van der Waals surface area (Å²) in [5.74, 6) is 0.679. The van der Waals surface area contributed by atoms with E-state index >= 15 is 0 Å². The van der Waals surface area contributed by atoms with Gasteiger partial charge in [-0.15, -0.1) is 10.2 Å². The molecule has 0 aliphatic carbocycles. The first-order valence-electron chi connectivity index (χ1n) is 8.73. The molecule has 0 aliphatic rings. The summed E-state index contributed by atoms with van der Waals surface area (Å²) in [6.07, 6.45) is 0. The molecule has 0 saturated carbocycles. The first kappa shape index (κ1) is 19.6. The van der Waals surface area contributed by atoms with Crippen molar-refractivity contribution < 1.29 is 8.42 Å². The monoisotopic (exact) mass is 397 g/mol. The lowest BCUT2D eigenvalue weighted by Gasteiger charge is -2.13. The van der Waals surface area contributed by atoms with Crippen LogP contribution in [-0.2, 0) is 10.0 Å². The highest BCUT2D eigenvalue weighted by atomic mass is 32.2. The van der Waals surface area contributed by atoms with Gasteiger partial charge in [0.05, 0.1) is 4.90 Å². The van der Waals surface area contributed by atoms with Gasteiger partial charge < -0.3 is 10.2 Å². The van der Waals surface area contributed by atoms with Gasteiger partial charge >= 0.3 is 0 Å². The largest absolute Gasteiger partial charge is 0.378 e. The van der Waals surface area contributed by atoms with E-state index in [0.29, 0.717) is 5.82 Å². The van der Waals surface area contributed by atoms with Crippen LogP contribution in [0.1, 0.15) is 11.1 Å². The Hall–Kier alpha value is -3.13. The maximum absolute atomic E-state index is 12.5. The number of nitrogens with one attached hydrogen (secondary N) is 2. The van der Waals surface area contributed by atoms with Gasteiger partial charge in [-0.25, -0.2) is 8.42 Å². The molecule has 8 heteroatoms. The number of nitrogens with zero attached hydrogens (tertiary/aromatic N) is 3. The summed E-state index contributed by atoms with van der Waals surface area (Å²) < 4.78 is 27.5. The van der Waals surface area contributed by atoms with Crippen molar-refractivity contribution in [1.29, 1.82) is 0 Å². The highest BCUT2D eigenvalue weighted by molar-refractivity contribution is 7.92. The van der Waals surface area contributed by atoms with Gasteiger partial charge in [-0.3, -0.25) is 4.72 Å². The van der Waals surface area contributed by atoms with Crippen LogP contribution in [0.15, 0.2) is 59.5 Å². The molecule has 0 fully saturated rings. The van der Waals surface area contributed by atoms with Crippen molar-refractivity contribution in [2.45, 2.75) is 18.7 Å². The molecule has 1 aromatic heterocycles. The topological polar surface area (TPSA) is 87.2 Å². The standard InChI is InChI=1S/C20H23N5O2S/c1-14-5-10-18(13-15(14)2)28(26,27)24-20-12-11-19(22-23-20)21-16-6-8-17(9-7-16)25(3)4/h5-13H,1-4H3,(H,21,22)(H,23,24). The second-order valence-electron chi connectivity index (χ2n) is 6.72. The molecule has 0 amide bonds. The van der Waals surface area contributed by atoms with E-state index in [2.05, 4.69) is 20.2 Å². The SMILES string of the molecule is Cc1ccc(S(=O)(=O)Nc2ccc(Nc3ccc(N(C)C)cc3)nn2)cc1C. The number of hydrogen-bond donors (Lipinski definition) is 2. The van der Waals surface area contributed by atoms with Crippen LogP contribution in [0.5, 0.6) is 0 Å². The van der Waals surface area contributed by atoms with Crippen molar-refractivity contribution in [1.82, 2.24) is 10.2 Å². The molecule has 0 radical (unpaired) electrons. The van der Waals surface area contributed by atoms with E-state index in [1.807, 2.05) is 57.1 Å². The summed E-state index contributed by atoms with van der Waals surface area (Å²) in [5, 5.41) is 11.1. The van der Waals surface area contributed by atoms with E-state index in [9.17, 15) is 8.42 Å². The molecule has 0 bridgehead atoms. The summed E-state index contributed by atoms with van der Waals surface area (Å²) in [5.41, 5.74) is 3.90. The molecule has 0 saturated heterocycles. The molecular formula is C20H23N5O2S. The Kier molecular flexibility index (Phi) is 5.51. The zero-order valence-corrected chi connectivity index (χ0v) is 17.1. The van der Waals surface area contributed by atoms with Gasteiger partial charge in [0.15, 0.2) is 11.6 Å². The van der Waals surface area contributed by atoms with Crippen molar-refractivity contribution in [3.8, 4) is 0 Å². The average molecular weight is 398 g/mol. The summed E-state index contributed by atoms with van der Waals surface area (Å²) in [6.45, 7) is 3.81. The Balaban J connectivity index is 1.70. The van der Waals surface area contributed by atoms with Crippen LogP contribution in [0, 0.1) is 13.8 Å². The van der Waals surface area contributed by atoms with E-state index in [4.69, 9.17) is 0 Å². The number of anilines is 4. The van der Waals surface area contributed by atoms with Crippen molar-refractivity contribution >= 4 is 33.0 Å². The lowest BCUT2D eigenvalue weighted by molar-refractivity contribution is 0.601. The Labute approximate surface area is 165 Å². The smallest absolute Gasteiger partial charge is 0.263 e. The minimum Gasteiger partial charge on any atom is -0.378 e. The van der Waals surface area contributed by atoms with Gasteiger partial charge in [0.25, 0.3) is 10.0 Å². The lowest BCUT2D eigenvalue weighted by Crippen LogP contribution is -2.14. The zero-order chi connectivity index (χ0) is 20.3. The third-order valence-electron chi connectivity index (χ3n) is 4.35. The summed E-state index contributed by atoms with van der Waals surface area (Å²) >= 11 is 0. The highest BCUT2D eigenvalue weighted by Crippen LogP contribution is 2.20. The van der Waals surface area contributed by atoms with Gasteiger partial charge in [-0.1, -0.05) is 6.07 Å². The predicted octanol–water partition coefficient (Wildman–Crippen LogP) is 3.70.